The summed E-state index contributed by atoms with van der Waals surface area (Å²) in [4.78, 5) is 15.6. The molecule has 0 spiro atoms. The third-order valence-electron chi connectivity index (χ3n) is 4.14. The van der Waals surface area contributed by atoms with Crippen LogP contribution in [-0.4, -0.2) is 30.0 Å². The monoisotopic (exact) mass is 330 g/mol. The largest absolute Gasteiger partial charge is 0.295 e. The summed E-state index contributed by atoms with van der Waals surface area (Å²) in [5.74, 6) is -0.0802. The lowest BCUT2D eigenvalue weighted by atomic mass is 10.1. The van der Waals surface area contributed by atoms with Crippen LogP contribution >= 0.6 is 0 Å². The number of benzene rings is 1. The number of carbonyl (C=O) groups is 1. The van der Waals surface area contributed by atoms with Gasteiger partial charge in [-0.3, -0.25) is 9.78 Å². The molecular weight excluding hydrogens is 312 g/mol. The van der Waals surface area contributed by atoms with Crippen molar-refractivity contribution >= 4 is 15.8 Å². The van der Waals surface area contributed by atoms with Crippen molar-refractivity contribution in [1.29, 1.82) is 0 Å². The number of hydrogen-bond acceptors (Lipinski definition) is 4. The Morgan fingerprint density at radius 3 is 2.57 bits per heavy atom. The summed E-state index contributed by atoms with van der Waals surface area (Å²) in [7, 11) is -3.58. The van der Waals surface area contributed by atoms with Crippen LogP contribution in [0.1, 0.15) is 41.7 Å². The Bertz CT molecular complexity index is 801. The van der Waals surface area contributed by atoms with Gasteiger partial charge in [-0.2, -0.15) is 4.31 Å². The van der Waals surface area contributed by atoms with E-state index in [9.17, 15) is 13.2 Å². The highest BCUT2D eigenvalue weighted by Crippen LogP contribution is 2.36. The van der Waals surface area contributed by atoms with E-state index in [1.807, 2.05) is 12.1 Å². The number of ketones is 1. The molecule has 1 atom stereocenters. The zero-order chi connectivity index (χ0) is 16.4. The summed E-state index contributed by atoms with van der Waals surface area (Å²) in [6.45, 7) is 1.96. The van der Waals surface area contributed by atoms with Gasteiger partial charge in [0, 0.05) is 24.5 Å². The first-order chi connectivity index (χ1) is 11.0. The van der Waals surface area contributed by atoms with Crippen LogP contribution in [0, 0.1) is 0 Å². The van der Waals surface area contributed by atoms with Crippen molar-refractivity contribution in [2.45, 2.75) is 30.7 Å². The third-order valence-corrected chi connectivity index (χ3v) is 6.06. The molecule has 1 saturated heterocycles. The van der Waals surface area contributed by atoms with Gasteiger partial charge in [0.05, 0.1) is 10.9 Å². The van der Waals surface area contributed by atoms with E-state index in [1.165, 1.54) is 23.4 Å². The molecule has 1 aliphatic heterocycles. The summed E-state index contributed by atoms with van der Waals surface area (Å²) >= 11 is 0. The molecule has 0 N–H and O–H groups in total. The number of Topliss-reactive ketones (excluding diaryl/α,β-unsaturated/α-hetero) is 1. The van der Waals surface area contributed by atoms with E-state index in [1.54, 1.807) is 24.5 Å². The fourth-order valence-corrected chi connectivity index (χ4v) is 4.61. The first kappa shape index (κ1) is 15.8. The van der Waals surface area contributed by atoms with Crippen LogP contribution in [0.5, 0.6) is 0 Å². The van der Waals surface area contributed by atoms with Gasteiger partial charge in [0.25, 0.3) is 0 Å². The zero-order valence-corrected chi connectivity index (χ0v) is 13.7. The number of nitrogens with zero attached hydrogens (tertiary/aromatic N) is 2. The second-order valence-electron chi connectivity index (χ2n) is 5.64. The molecule has 0 aliphatic carbocycles. The van der Waals surface area contributed by atoms with E-state index in [-0.39, 0.29) is 16.7 Å². The summed E-state index contributed by atoms with van der Waals surface area (Å²) < 4.78 is 27.4. The maximum absolute atomic E-state index is 12.9. The summed E-state index contributed by atoms with van der Waals surface area (Å²) in [5, 5.41) is 0. The van der Waals surface area contributed by atoms with Crippen LogP contribution in [0.4, 0.5) is 0 Å². The topological polar surface area (TPSA) is 67.3 Å². The molecule has 23 heavy (non-hydrogen) atoms. The molecular formula is C17H18N2O3S. The van der Waals surface area contributed by atoms with E-state index in [0.29, 0.717) is 12.1 Å². The van der Waals surface area contributed by atoms with Crippen LogP contribution < -0.4 is 0 Å². The highest BCUT2D eigenvalue weighted by atomic mass is 32.2. The molecule has 120 valence electrons. The minimum absolute atomic E-state index is 0.0802. The Hall–Kier alpha value is -2.05. The summed E-state index contributed by atoms with van der Waals surface area (Å²) in [6, 6.07) is 9.68. The summed E-state index contributed by atoms with van der Waals surface area (Å²) in [5.41, 5.74) is 1.42. The van der Waals surface area contributed by atoms with Crippen molar-refractivity contribution in [3.8, 4) is 0 Å². The van der Waals surface area contributed by atoms with Crippen LogP contribution in [0.2, 0.25) is 0 Å². The minimum Gasteiger partial charge on any atom is -0.295 e. The SMILES string of the molecule is CC(=O)c1ccc(S(=O)(=O)N2CCCC2c2cccnc2)cc1. The molecule has 1 unspecified atom stereocenters. The number of carbonyl (C=O) groups excluding carboxylic acids is 1. The van der Waals surface area contributed by atoms with Crippen molar-refractivity contribution < 1.29 is 13.2 Å². The van der Waals surface area contributed by atoms with E-state index in [2.05, 4.69) is 4.98 Å². The smallest absolute Gasteiger partial charge is 0.243 e. The average Bonchev–Trinajstić information content (AvgIpc) is 3.06. The maximum atomic E-state index is 12.9. The van der Waals surface area contributed by atoms with Gasteiger partial charge in [-0.25, -0.2) is 8.42 Å². The lowest BCUT2D eigenvalue weighted by Crippen LogP contribution is -2.30. The maximum Gasteiger partial charge on any atom is 0.243 e. The van der Waals surface area contributed by atoms with Gasteiger partial charge < -0.3 is 0 Å². The van der Waals surface area contributed by atoms with Crippen molar-refractivity contribution in [2.75, 3.05) is 6.54 Å². The van der Waals surface area contributed by atoms with E-state index in [4.69, 9.17) is 0 Å². The van der Waals surface area contributed by atoms with Crippen molar-refractivity contribution in [1.82, 2.24) is 9.29 Å². The predicted molar refractivity (Wildman–Crippen MR) is 86.6 cm³/mol. The highest BCUT2D eigenvalue weighted by molar-refractivity contribution is 7.89. The third kappa shape index (κ3) is 3.04. The molecule has 6 heteroatoms. The molecule has 2 aromatic rings. The van der Waals surface area contributed by atoms with Gasteiger partial charge in [-0.15, -0.1) is 0 Å². The Morgan fingerprint density at radius 2 is 1.96 bits per heavy atom. The second-order valence-corrected chi connectivity index (χ2v) is 7.53. The normalized spacial score (nSPS) is 18.9. The molecule has 1 aromatic carbocycles. The lowest BCUT2D eigenvalue weighted by Gasteiger charge is -2.24. The van der Waals surface area contributed by atoms with E-state index >= 15 is 0 Å². The number of rotatable bonds is 4. The lowest BCUT2D eigenvalue weighted by molar-refractivity contribution is 0.101. The van der Waals surface area contributed by atoms with Crippen LogP contribution in [0.25, 0.3) is 0 Å². The molecule has 2 heterocycles. The van der Waals surface area contributed by atoms with Gasteiger partial charge in [0.1, 0.15) is 0 Å². The molecule has 0 saturated carbocycles. The van der Waals surface area contributed by atoms with Crippen molar-refractivity contribution in [3.63, 3.8) is 0 Å². The van der Waals surface area contributed by atoms with Gasteiger partial charge >= 0.3 is 0 Å². The van der Waals surface area contributed by atoms with E-state index in [0.717, 1.165) is 18.4 Å². The van der Waals surface area contributed by atoms with Crippen LogP contribution in [0.3, 0.4) is 0 Å². The number of hydrogen-bond donors (Lipinski definition) is 0. The first-order valence-corrected chi connectivity index (χ1v) is 8.97. The van der Waals surface area contributed by atoms with Crippen molar-refractivity contribution in [3.05, 3.63) is 59.9 Å². The molecule has 0 bridgehead atoms. The quantitative estimate of drug-likeness (QED) is 0.809. The number of pyridine rings is 1. The highest BCUT2D eigenvalue weighted by Gasteiger charge is 2.36. The second kappa shape index (κ2) is 6.22. The number of sulfonamides is 1. The van der Waals surface area contributed by atoms with Crippen molar-refractivity contribution in [2.24, 2.45) is 0 Å². The molecule has 3 rings (SSSR count). The molecule has 1 aliphatic rings. The predicted octanol–water partition coefficient (Wildman–Crippen LogP) is 2.81. The van der Waals surface area contributed by atoms with Crippen LogP contribution in [0.15, 0.2) is 53.7 Å². The molecule has 1 fully saturated rings. The zero-order valence-electron chi connectivity index (χ0n) is 12.8. The Labute approximate surface area is 136 Å². The van der Waals surface area contributed by atoms with Crippen LogP contribution in [-0.2, 0) is 10.0 Å². The fraction of sp³-hybridized carbons (Fsp3) is 0.294. The summed E-state index contributed by atoms with van der Waals surface area (Å²) in [6.07, 6.45) is 5.01. The first-order valence-electron chi connectivity index (χ1n) is 7.53. The average molecular weight is 330 g/mol. The molecule has 0 radical (unpaired) electrons. The molecule has 0 amide bonds. The van der Waals surface area contributed by atoms with Gasteiger partial charge in [0.2, 0.25) is 10.0 Å². The fourth-order valence-electron chi connectivity index (χ4n) is 2.93. The Balaban J connectivity index is 1.93. The number of aromatic nitrogens is 1. The van der Waals surface area contributed by atoms with Gasteiger partial charge in [-0.05, 0) is 43.5 Å². The van der Waals surface area contributed by atoms with Gasteiger partial charge in [-0.1, -0.05) is 18.2 Å². The molecule has 1 aromatic heterocycles. The van der Waals surface area contributed by atoms with E-state index < -0.39 is 10.0 Å². The standard InChI is InChI=1S/C17H18N2O3S/c1-13(20)14-6-8-16(9-7-14)23(21,22)19-11-3-5-17(19)15-4-2-10-18-12-15/h2,4,6-10,12,17H,3,5,11H2,1H3. The minimum atomic E-state index is -3.58. The Kier molecular flexibility index (Phi) is 4.28. The van der Waals surface area contributed by atoms with Gasteiger partial charge in [0.15, 0.2) is 5.78 Å². The molecule has 5 nitrogen and oxygen atoms in total. The Morgan fingerprint density at radius 1 is 1.22 bits per heavy atom.